The van der Waals surface area contributed by atoms with Crippen LogP contribution in [0.1, 0.15) is 25.6 Å². The number of nitrogens with two attached hydrogens (primary N) is 1. The minimum atomic E-state index is -0.00880. The number of hydrogen-bond donors (Lipinski definition) is 1. The van der Waals surface area contributed by atoms with E-state index in [9.17, 15) is 0 Å². The van der Waals surface area contributed by atoms with Crippen LogP contribution < -0.4 is 10.6 Å². The van der Waals surface area contributed by atoms with Crippen molar-refractivity contribution >= 4 is 5.69 Å². The average Bonchev–Trinajstić information content (AvgIpc) is 2.17. The van der Waals surface area contributed by atoms with Crippen LogP contribution in [0.25, 0.3) is 0 Å². The molecular formula is C12H19N3. The van der Waals surface area contributed by atoms with Gasteiger partial charge in [-0.1, -0.05) is 12.2 Å². The summed E-state index contributed by atoms with van der Waals surface area (Å²) in [5.74, 6) is 0. The summed E-state index contributed by atoms with van der Waals surface area (Å²) in [5.41, 5.74) is 8.87. The molecule has 2 N–H and O–H groups in total. The number of aromatic nitrogens is 1. The van der Waals surface area contributed by atoms with Crippen molar-refractivity contribution in [1.82, 2.24) is 4.98 Å². The SMILES string of the molecule is C=C(C)CN(C)c1ccc(C(C)N)nc1. The molecule has 1 atom stereocenters. The van der Waals surface area contributed by atoms with Gasteiger partial charge >= 0.3 is 0 Å². The molecule has 0 aliphatic carbocycles. The fraction of sp³-hybridized carbons (Fsp3) is 0.417. The van der Waals surface area contributed by atoms with Crippen LogP contribution in [0.3, 0.4) is 0 Å². The molecule has 1 aromatic rings. The van der Waals surface area contributed by atoms with E-state index >= 15 is 0 Å². The fourth-order valence-corrected chi connectivity index (χ4v) is 1.39. The Kier molecular flexibility index (Phi) is 3.86. The van der Waals surface area contributed by atoms with Gasteiger partial charge in [0.1, 0.15) is 0 Å². The fourth-order valence-electron chi connectivity index (χ4n) is 1.39. The van der Waals surface area contributed by atoms with Crippen LogP contribution in [0.5, 0.6) is 0 Å². The second kappa shape index (κ2) is 4.94. The second-order valence-electron chi connectivity index (χ2n) is 4.04. The van der Waals surface area contributed by atoms with Gasteiger partial charge in [-0.25, -0.2) is 0 Å². The quantitative estimate of drug-likeness (QED) is 0.765. The van der Waals surface area contributed by atoms with E-state index in [1.54, 1.807) is 0 Å². The number of hydrogen-bond acceptors (Lipinski definition) is 3. The summed E-state index contributed by atoms with van der Waals surface area (Å²) < 4.78 is 0. The van der Waals surface area contributed by atoms with E-state index in [2.05, 4.69) is 16.5 Å². The Morgan fingerprint density at radius 1 is 1.60 bits per heavy atom. The van der Waals surface area contributed by atoms with Gasteiger partial charge in [-0.3, -0.25) is 4.98 Å². The minimum absolute atomic E-state index is 0.00880. The lowest BCUT2D eigenvalue weighted by Gasteiger charge is -2.19. The van der Waals surface area contributed by atoms with E-state index in [0.29, 0.717) is 0 Å². The summed E-state index contributed by atoms with van der Waals surface area (Å²) in [6.45, 7) is 8.68. The molecular weight excluding hydrogens is 186 g/mol. The van der Waals surface area contributed by atoms with Crippen molar-refractivity contribution in [2.75, 3.05) is 18.5 Å². The van der Waals surface area contributed by atoms with Gasteiger partial charge in [0, 0.05) is 19.6 Å². The third-order valence-corrected chi connectivity index (χ3v) is 2.19. The predicted molar refractivity (Wildman–Crippen MR) is 64.9 cm³/mol. The Labute approximate surface area is 91.6 Å². The highest BCUT2D eigenvalue weighted by Crippen LogP contribution is 2.14. The van der Waals surface area contributed by atoms with Crippen LogP contribution in [-0.4, -0.2) is 18.6 Å². The molecule has 3 nitrogen and oxygen atoms in total. The molecule has 0 bridgehead atoms. The Bertz CT molecular complexity index is 327. The highest BCUT2D eigenvalue weighted by atomic mass is 15.1. The highest BCUT2D eigenvalue weighted by molar-refractivity contribution is 5.45. The van der Waals surface area contributed by atoms with Crippen LogP contribution >= 0.6 is 0 Å². The first-order chi connectivity index (χ1) is 7.00. The predicted octanol–water partition coefficient (Wildman–Crippen LogP) is 2.11. The van der Waals surface area contributed by atoms with Gasteiger partial charge in [0.05, 0.1) is 17.6 Å². The number of pyridine rings is 1. The normalized spacial score (nSPS) is 12.3. The lowest BCUT2D eigenvalue weighted by Crippen LogP contribution is -2.19. The van der Waals surface area contributed by atoms with Crippen molar-refractivity contribution in [1.29, 1.82) is 0 Å². The molecule has 3 heteroatoms. The van der Waals surface area contributed by atoms with Gasteiger partial charge in [-0.15, -0.1) is 0 Å². The summed E-state index contributed by atoms with van der Waals surface area (Å²) >= 11 is 0. The highest BCUT2D eigenvalue weighted by Gasteiger charge is 2.03. The van der Waals surface area contributed by atoms with Crippen molar-refractivity contribution in [3.8, 4) is 0 Å². The third-order valence-electron chi connectivity index (χ3n) is 2.19. The summed E-state index contributed by atoms with van der Waals surface area (Å²) in [7, 11) is 2.03. The molecule has 0 fully saturated rings. The molecule has 1 rings (SSSR count). The van der Waals surface area contributed by atoms with E-state index < -0.39 is 0 Å². The third kappa shape index (κ3) is 3.36. The van der Waals surface area contributed by atoms with E-state index in [1.807, 2.05) is 39.2 Å². The van der Waals surface area contributed by atoms with Crippen LogP contribution in [-0.2, 0) is 0 Å². The van der Waals surface area contributed by atoms with Gasteiger partial charge in [0.15, 0.2) is 0 Å². The van der Waals surface area contributed by atoms with E-state index in [4.69, 9.17) is 5.73 Å². The van der Waals surface area contributed by atoms with Crippen LogP contribution in [0.15, 0.2) is 30.5 Å². The molecule has 15 heavy (non-hydrogen) atoms. The van der Waals surface area contributed by atoms with Crippen LogP contribution in [0.4, 0.5) is 5.69 Å². The molecule has 0 saturated heterocycles. The van der Waals surface area contributed by atoms with Gasteiger partial charge < -0.3 is 10.6 Å². The largest absolute Gasteiger partial charge is 0.369 e. The van der Waals surface area contributed by atoms with Gasteiger partial charge in [-0.2, -0.15) is 0 Å². The van der Waals surface area contributed by atoms with E-state index in [0.717, 1.165) is 23.5 Å². The zero-order valence-corrected chi connectivity index (χ0v) is 9.70. The van der Waals surface area contributed by atoms with Crippen molar-refractivity contribution in [3.63, 3.8) is 0 Å². The number of likely N-dealkylation sites (N-methyl/N-ethyl adjacent to an activating group) is 1. The average molecular weight is 205 g/mol. The Balaban J connectivity index is 2.75. The summed E-state index contributed by atoms with van der Waals surface area (Å²) in [5, 5.41) is 0. The van der Waals surface area contributed by atoms with Crippen molar-refractivity contribution in [3.05, 3.63) is 36.2 Å². The molecule has 0 radical (unpaired) electrons. The lowest BCUT2D eigenvalue weighted by atomic mass is 10.2. The topological polar surface area (TPSA) is 42.1 Å². The van der Waals surface area contributed by atoms with Crippen molar-refractivity contribution in [2.45, 2.75) is 19.9 Å². The zero-order chi connectivity index (χ0) is 11.4. The Hall–Kier alpha value is -1.35. The molecule has 1 heterocycles. The molecule has 82 valence electrons. The summed E-state index contributed by atoms with van der Waals surface area (Å²) in [6, 6.07) is 3.99. The maximum atomic E-state index is 5.73. The van der Waals surface area contributed by atoms with Crippen molar-refractivity contribution in [2.24, 2.45) is 5.73 Å². The first kappa shape index (κ1) is 11.7. The van der Waals surface area contributed by atoms with Crippen LogP contribution in [0.2, 0.25) is 0 Å². The molecule has 1 unspecified atom stereocenters. The smallest absolute Gasteiger partial charge is 0.0569 e. The molecule has 0 amide bonds. The van der Waals surface area contributed by atoms with Gasteiger partial charge in [0.2, 0.25) is 0 Å². The molecule has 1 aromatic heterocycles. The molecule has 0 saturated carbocycles. The van der Waals surface area contributed by atoms with Gasteiger partial charge in [-0.05, 0) is 26.0 Å². The lowest BCUT2D eigenvalue weighted by molar-refractivity contribution is 0.780. The Morgan fingerprint density at radius 3 is 2.67 bits per heavy atom. The standard InChI is InChI=1S/C12H19N3/c1-9(2)8-15(4)11-5-6-12(10(3)13)14-7-11/h5-7,10H,1,8,13H2,2-4H3. The molecule has 0 spiro atoms. The van der Waals surface area contributed by atoms with E-state index in [1.165, 1.54) is 0 Å². The molecule has 0 aromatic carbocycles. The number of rotatable bonds is 4. The second-order valence-corrected chi connectivity index (χ2v) is 4.04. The van der Waals surface area contributed by atoms with Gasteiger partial charge in [0.25, 0.3) is 0 Å². The zero-order valence-electron chi connectivity index (χ0n) is 9.70. The van der Waals surface area contributed by atoms with Crippen molar-refractivity contribution < 1.29 is 0 Å². The maximum absolute atomic E-state index is 5.73. The molecule has 0 aliphatic rings. The Morgan fingerprint density at radius 2 is 2.27 bits per heavy atom. The molecule has 0 aliphatic heterocycles. The summed E-state index contributed by atoms with van der Waals surface area (Å²) in [6.07, 6.45) is 1.85. The number of anilines is 1. The maximum Gasteiger partial charge on any atom is 0.0569 e. The van der Waals surface area contributed by atoms with E-state index in [-0.39, 0.29) is 6.04 Å². The number of nitrogens with zero attached hydrogens (tertiary/aromatic N) is 2. The first-order valence-electron chi connectivity index (χ1n) is 5.07. The summed E-state index contributed by atoms with van der Waals surface area (Å²) in [4.78, 5) is 6.42. The monoisotopic (exact) mass is 205 g/mol. The van der Waals surface area contributed by atoms with Crippen LogP contribution in [0, 0.1) is 0 Å². The first-order valence-corrected chi connectivity index (χ1v) is 5.07. The minimum Gasteiger partial charge on any atom is -0.369 e.